The van der Waals surface area contributed by atoms with Crippen molar-refractivity contribution in [2.75, 3.05) is 7.11 Å². The van der Waals surface area contributed by atoms with Crippen LogP contribution in [-0.2, 0) is 0 Å². The Morgan fingerprint density at radius 1 is 1.05 bits per heavy atom. The Labute approximate surface area is 115 Å². The van der Waals surface area contributed by atoms with Crippen LogP contribution in [0.25, 0.3) is 22.3 Å². The minimum atomic E-state index is 0.660. The lowest BCUT2D eigenvalue weighted by Gasteiger charge is -2.06. The Bertz CT molecular complexity index is 729. The average Bonchev–Trinajstić information content (AvgIpc) is 2.47. The average molecular weight is 271 g/mol. The molecule has 2 heterocycles. The standard InChI is InChI=1S/C15H11ClN2O/c1-19-10-5-6-11-12(16)9-15(18-14(11)8-10)13-4-2-3-7-17-13/h2-9H,1H3. The summed E-state index contributed by atoms with van der Waals surface area (Å²) in [4.78, 5) is 8.88. The Hall–Kier alpha value is -2.13. The molecule has 0 saturated carbocycles. The molecule has 0 saturated heterocycles. The van der Waals surface area contributed by atoms with E-state index < -0.39 is 0 Å². The van der Waals surface area contributed by atoms with Gasteiger partial charge in [0.05, 0.1) is 29.0 Å². The summed E-state index contributed by atoms with van der Waals surface area (Å²) in [5.74, 6) is 0.759. The predicted molar refractivity (Wildman–Crippen MR) is 76.5 cm³/mol. The van der Waals surface area contributed by atoms with E-state index in [2.05, 4.69) is 9.97 Å². The van der Waals surface area contributed by atoms with E-state index in [9.17, 15) is 0 Å². The molecule has 19 heavy (non-hydrogen) atoms. The van der Waals surface area contributed by atoms with Gasteiger partial charge in [-0.15, -0.1) is 0 Å². The molecule has 3 nitrogen and oxygen atoms in total. The zero-order valence-corrected chi connectivity index (χ0v) is 11.1. The number of nitrogens with zero attached hydrogens (tertiary/aromatic N) is 2. The molecule has 0 N–H and O–H groups in total. The Balaban J connectivity index is 2.23. The molecule has 0 fully saturated rings. The lowest BCUT2D eigenvalue weighted by Crippen LogP contribution is -1.90. The van der Waals surface area contributed by atoms with Gasteiger partial charge in [0.25, 0.3) is 0 Å². The highest BCUT2D eigenvalue weighted by Gasteiger charge is 2.07. The Kier molecular flexibility index (Phi) is 3.05. The van der Waals surface area contributed by atoms with Crippen LogP contribution < -0.4 is 4.74 Å². The first-order chi connectivity index (χ1) is 9.28. The summed E-state index contributed by atoms with van der Waals surface area (Å²) in [6.07, 6.45) is 1.74. The molecule has 0 atom stereocenters. The van der Waals surface area contributed by atoms with Gasteiger partial charge in [-0.1, -0.05) is 17.7 Å². The molecular weight excluding hydrogens is 260 g/mol. The molecule has 0 bridgehead atoms. The Morgan fingerprint density at radius 2 is 1.95 bits per heavy atom. The molecule has 0 radical (unpaired) electrons. The van der Waals surface area contributed by atoms with E-state index >= 15 is 0 Å². The Morgan fingerprint density at radius 3 is 2.68 bits per heavy atom. The van der Waals surface area contributed by atoms with Gasteiger partial charge in [-0.25, -0.2) is 4.98 Å². The number of pyridine rings is 2. The molecule has 94 valence electrons. The SMILES string of the molecule is COc1ccc2c(Cl)cc(-c3ccccn3)nc2c1. The summed E-state index contributed by atoms with van der Waals surface area (Å²) in [6.45, 7) is 0. The molecular formula is C15H11ClN2O. The zero-order valence-electron chi connectivity index (χ0n) is 10.3. The van der Waals surface area contributed by atoms with Gasteiger partial charge in [-0.3, -0.25) is 4.98 Å². The monoisotopic (exact) mass is 270 g/mol. The fourth-order valence-corrected chi connectivity index (χ4v) is 2.20. The van der Waals surface area contributed by atoms with Gasteiger partial charge in [0.1, 0.15) is 5.75 Å². The third-order valence-electron chi connectivity index (χ3n) is 2.89. The molecule has 0 unspecified atom stereocenters. The number of hydrogen-bond acceptors (Lipinski definition) is 3. The summed E-state index contributed by atoms with van der Waals surface area (Å²) >= 11 is 6.30. The molecule has 2 aromatic heterocycles. The zero-order chi connectivity index (χ0) is 13.2. The fraction of sp³-hybridized carbons (Fsp3) is 0.0667. The maximum absolute atomic E-state index is 6.30. The number of methoxy groups -OCH3 is 1. The summed E-state index contributed by atoms with van der Waals surface area (Å²) < 4.78 is 5.21. The number of halogens is 1. The summed E-state index contributed by atoms with van der Waals surface area (Å²) in [7, 11) is 1.63. The quantitative estimate of drug-likeness (QED) is 0.707. The summed E-state index contributed by atoms with van der Waals surface area (Å²) in [6, 6.07) is 13.2. The first-order valence-corrected chi connectivity index (χ1v) is 6.21. The van der Waals surface area contributed by atoms with Crippen molar-refractivity contribution in [2.45, 2.75) is 0 Å². The van der Waals surface area contributed by atoms with Crippen LogP contribution in [0.3, 0.4) is 0 Å². The molecule has 1 aromatic carbocycles. The first kappa shape index (κ1) is 11.9. The van der Waals surface area contributed by atoms with Crippen molar-refractivity contribution in [1.82, 2.24) is 9.97 Å². The highest BCUT2D eigenvalue weighted by atomic mass is 35.5. The van der Waals surface area contributed by atoms with E-state index in [-0.39, 0.29) is 0 Å². The van der Waals surface area contributed by atoms with E-state index in [1.54, 1.807) is 13.3 Å². The van der Waals surface area contributed by atoms with Crippen molar-refractivity contribution in [3.63, 3.8) is 0 Å². The lowest BCUT2D eigenvalue weighted by atomic mass is 10.1. The topological polar surface area (TPSA) is 35.0 Å². The first-order valence-electron chi connectivity index (χ1n) is 5.83. The van der Waals surface area contributed by atoms with Crippen molar-refractivity contribution < 1.29 is 4.74 Å². The van der Waals surface area contributed by atoms with E-state index in [1.807, 2.05) is 42.5 Å². The van der Waals surface area contributed by atoms with Crippen molar-refractivity contribution in [3.8, 4) is 17.1 Å². The maximum Gasteiger partial charge on any atom is 0.121 e. The number of hydrogen-bond donors (Lipinski definition) is 0. The fourth-order valence-electron chi connectivity index (χ4n) is 1.94. The summed E-state index contributed by atoms with van der Waals surface area (Å²) in [5, 5.41) is 1.57. The van der Waals surface area contributed by atoms with Crippen LogP contribution >= 0.6 is 11.6 Å². The second kappa shape index (κ2) is 4.86. The highest BCUT2D eigenvalue weighted by molar-refractivity contribution is 6.35. The van der Waals surface area contributed by atoms with Gasteiger partial charge in [0, 0.05) is 17.6 Å². The van der Waals surface area contributed by atoms with Crippen LogP contribution in [0.15, 0.2) is 48.7 Å². The van der Waals surface area contributed by atoms with Crippen molar-refractivity contribution in [1.29, 1.82) is 0 Å². The van der Waals surface area contributed by atoms with Crippen LogP contribution in [-0.4, -0.2) is 17.1 Å². The number of fused-ring (bicyclic) bond motifs is 1. The molecule has 0 aliphatic rings. The highest BCUT2D eigenvalue weighted by Crippen LogP contribution is 2.29. The number of aromatic nitrogens is 2. The van der Waals surface area contributed by atoms with Crippen LogP contribution in [0, 0.1) is 0 Å². The molecule has 3 rings (SSSR count). The van der Waals surface area contributed by atoms with Crippen molar-refractivity contribution >= 4 is 22.5 Å². The smallest absolute Gasteiger partial charge is 0.121 e. The molecule has 0 aliphatic carbocycles. The lowest BCUT2D eigenvalue weighted by molar-refractivity contribution is 0.415. The van der Waals surface area contributed by atoms with Gasteiger partial charge >= 0.3 is 0 Å². The molecule has 0 spiro atoms. The molecule has 0 amide bonds. The largest absolute Gasteiger partial charge is 0.497 e. The normalized spacial score (nSPS) is 10.6. The third kappa shape index (κ3) is 2.25. The number of rotatable bonds is 2. The second-order valence-electron chi connectivity index (χ2n) is 4.09. The number of ether oxygens (including phenoxy) is 1. The van der Waals surface area contributed by atoms with Crippen molar-refractivity contribution in [2.24, 2.45) is 0 Å². The van der Waals surface area contributed by atoms with Crippen LogP contribution in [0.1, 0.15) is 0 Å². The van der Waals surface area contributed by atoms with E-state index in [4.69, 9.17) is 16.3 Å². The van der Waals surface area contributed by atoms with Gasteiger partial charge in [0.2, 0.25) is 0 Å². The maximum atomic E-state index is 6.30. The predicted octanol–water partition coefficient (Wildman–Crippen LogP) is 3.96. The molecule has 0 aliphatic heterocycles. The van der Waals surface area contributed by atoms with Crippen LogP contribution in [0.5, 0.6) is 5.75 Å². The van der Waals surface area contributed by atoms with Crippen LogP contribution in [0.2, 0.25) is 5.02 Å². The molecule has 4 heteroatoms. The van der Waals surface area contributed by atoms with E-state index in [1.165, 1.54) is 0 Å². The summed E-state index contributed by atoms with van der Waals surface area (Å²) in [5.41, 5.74) is 2.35. The second-order valence-corrected chi connectivity index (χ2v) is 4.49. The van der Waals surface area contributed by atoms with Gasteiger partial charge in [-0.2, -0.15) is 0 Å². The third-order valence-corrected chi connectivity index (χ3v) is 3.21. The van der Waals surface area contributed by atoms with Crippen molar-refractivity contribution in [3.05, 3.63) is 53.7 Å². The molecule has 3 aromatic rings. The minimum absolute atomic E-state index is 0.660. The van der Waals surface area contributed by atoms with Gasteiger partial charge in [0.15, 0.2) is 0 Å². The van der Waals surface area contributed by atoms with Crippen LogP contribution in [0.4, 0.5) is 0 Å². The minimum Gasteiger partial charge on any atom is -0.497 e. The van der Waals surface area contributed by atoms with E-state index in [0.717, 1.165) is 28.0 Å². The van der Waals surface area contributed by atoms with Gasteiger partial charge in [-0.05, 0) is 30.3 Å². The van der Waals surface area contributed by atoms with Gasteiger partial charge < -0.3 is 4.74 Å². The number of benzene rings is 1. The van der Waals surface area contributed by atoms with E-state index in [0.29, 0.717) is 5.02 Å².